The highest BCUT2D eigenvalue weighted by molar-refractivity contribution is 7.97. The van der Waals surface area contributed by atoms with E-state index in [0.717, 1.165) is 16.8 Å². The van der Waals surface area contributed by atoms with Crippen molar-refractivity contribution in [3.63, 3.8) is 0 Å². The Morgan fingerprint density at radius 1 is 1.26 bits per heavy atom. The topological polar surface area (TPSA) is 94.0 Å². The molecule has 0 unspecified atom stereocenters. The number of nitrogen functional groups attached to an aromatic ring is 1. The Kier molecular flexibility index (Phi) is 9.10. The van der Waals surface area contributed by atoms with Gasteiger partial charge >= 0.3 is 0 Å². The Morgan fingerprint density at radius 2 is 1.93 bits per heavy atom. The van der Waals surface area contributed by atoms with Crippen LogP contribution < -0.4 is 16.2 Å². The summed E-state index contributed by atoms with van der Waals surface area (Å²) in [6.07, 6.45) is 6.17. The number of nitrogens with zero attached hydrogens (tertiary/aromatic N) is 1. The zero-order valence-electron chi connectivity index (χ0n) is 16.1. The van der Waals surface area contributed by atoms with Gasteiger partial charge in [0.25, 0.3) is 0 Å². The number of nitrogens with two attached hydrogens (primary N) is 2. The van der Waals surface area contributed by atoms with Crippen LogP contribution in [0.3, 0.4) is 0 Å². The van der Waals surface area contributed by atoms with E-state index in [1.165, 1.54) is 55.4 Å². The molecule has 0 radical (unpaired) electrons. The monoisotopic (exact) mass is 406 g/mol. The standard InChI is InChI=1S/C16H19N3OS.C4H11NS/c17-15-14(13(20)11-7-3-1-4-8-11)21-16(19-15)18-12-9-5-2-6-10-12;1-4(2)3-6-5/h1,3-4,7-8,12H,2,5-6,9-10,17H2,(H,18,19);4H,3,5H2,1-2H3. The first-order chi connectivity index (χ1) is 13.0. The minimum atomic E-state index is -0.0534. The molecule has 1 heterocycles. The number of nitrogens with one attached hydrogen (secondary N) is 1. The number of hydrogen-bond acceptors (Lipinski definition) is 7. The van der Waals surface area contributed by atoms with Crippen molar-refractivity contribution >= 4 is 40.0 Å². The first-order valence-corrected chi connectivity index (χ1v) is 11.3. The summed E-state index contributed by atoms with van der Waals surface area (Å²) in [7, 11) is 0. The second kappa shape index (κ2) is 11.3. The van der Waals surface area contributed by atoms with E-state index in [4.69, 9.17) is 10.9 Å². The Hall–Kier alpha value is -1.57. The third-order valence-electron chi connectivity index (χ3n) is 4.26. The molecule has 1 aromatic carbocycles. The van der Waals surface area contributed by atoms with E-state index in [1.807, 2.05) is 18.2 Å². The van der Waals surface area contributed by atoms with Gasteiger partial charge in [-0.2, -0.15) is 0 Å². The third kappa shape index (κ3) is 7.16. The molecule has 1 fully saturated rings. The zero-order valence-corrected chi connectivity index (χ0v) is 17.7. The predicted octanol–water partition coefficient (Wildman–Crippen LogP) is 4.95. The fraction of sp³-hybridized carbons (Fsp3) is 0.500. The molecule has 1 aromatic heterocycles. The molecule has 0 saturated heterocycles. The van der Waals surface area contributed by atoms with Gasteiger partial charge in [-0.25, -0.2) is 4.98 Å². The van der Waals surface area contributed by atoms with Gasteiger partial charge in [-0.05, 0) is 18.8 Å². The fourth-order valence-electron chi connectivity index (χ4n) is 2.89. The highest BCUT2D eigenvalue weighted by Gasteiger charge is 2.20. The molecular formula is C20H30N4OS2. The highest BCUT2D eigenvalue weighted by atomic mass is 32.2. The summed E-state index contributed by atoms with van der Waals surface area (Å²) in [5.74, 6) is 2.08. The molecule has 148 valence electrons. The maximum atomic E-state index is 12.4. The van der Waals surface area contributed by atoms with Crippen LogP contribution in [0.5, 0.6) is 0 Å². The summed E-state index contributed by atoms with van der Waals surface area (Å²) in [5, 5.41) is 9.33. The molecule has 3 rings (SSSR count). The second-order valence-corrected chi connectivity index (χ2v) is 8.80. The van der Waals surface area contributed by atoms with Crippen LogP contribution in [0, 0.1) is 5.92 Å². The van der Waals surface area contributed by atoms with Crippen LogP contribution in [0.25, 0.3) is 0 Å². The molecule has 0 amide bonds. The number of carbonyl (C=O) groups is 1. The fourth-order valence-corrected chi connectivity index (χ4v) is 4.20. The molecule has 27 heavy (non-hydrogen) atoms. The largest absolute Gasteiger partial charge is 0.382 e. The number of ketones is 1. The van der Waals surface area contributed by atoms with Crippen LogP contribution in [0.4, 0.5) is 10.9 Å². The van der Waals surface area contributed by atoms with Gasteiger partial charge in [-0.3, -0.25) is 9.93 Å². The van der Waals surface area contributed by atoms with Gasteiger partial charge < -0.3 is 11.1 Å². The first kappa shape index (κ1) is 21.7. The lowest BCUT2D eigenvalue weighted by Crippen LogP contribution is -2.22. The number of carbonyl (C=O) groups excluding carboxylic acids is 1. The summed E-state index contributed by atoms with van der Waals surface area (Å²) >= 11 is 2.77. The Balaban J connectivity index is 0.000000380. The highest BCUT2D eigenvalue weighted by Crippen LogP contribution is 2.30. The van der Waals surface area contributed by atoms with Gasteiger partial charge in [0.1, 0.15) is 10.7 Å². The van der Waals surface area contributed by atoms with Crippen molar-refractivity contribution < 1.29 is 4.79 Å². The smallest absolute Gasteiger partial charge is 0.206 e. The molecule has 1 saturated carbocycles. The molecule has 0 aliphatic heterocycles. The van der Waals surface area contributed by atoms with Crippen LogP contribution in [0.1, 0.15) is 61.2 Å². The zero-order chi connectivity index (χ0) is 19.6. The van der Waals surface area contributed by atoms with Crippen LogP contribution >= 0.6 is 23.3 Å². The molecule has 1 aliphatic rings. The van der Waals surface area contributed by atoms with Crippen LogP contribution in [0.2, 0.25) is 0 Å². The molecule has 1 aliphatic carbocycles. The molecule has 5 nitrogen and oxygen atoms in total. The van der Waals surface area contributed by atoms with Crippen molar-refractivity contribution in [1.82, 2.24) is 4.98 Å². The Bertz CT molecular complexity index is 697. The minimum absolute atomic E-state index is 0.0534. The van der Waals surface area contributed by atoms with E-state index in [-0.39, 0.29) is 5.78 Å². The van der Waals surface area contributed by atoms with Crippen LogP contribution in [-0.4, -0.2) is 22.6 Å². The van der Waals surface area contributed by atoms with Crippen molar-refractivity contribution in [1.29, 1.82) is 0 Å². The van der Waals surface area contributed by atoms with Crippen molar-refractivity contribution in [2.45, 2.75) is 52.0 Å². The number of hydrogen-bond donors (Lipinski definition) is 3. The van der Waals surface area contributed by atoms with Gasteiger partial charge in [-0.1, -0.05) is 86.7 Å². The van der Waals surface area contributed by atoms with E-state index >= 15 is 0 Å². The maximum Gasteiger partial charge on any atom is 0.206 e. The van der Waals surface area contributed by atoms with Gasteiger partial charge in [-0.15, -0.1) is 0 Å². The SMILES string of the molecule is CC(C)CSN.Nc1nc(NC2CCCCC2)sc1C(=O)c1ccccc1. The van der Waals surface area contributed by atoms with Crippen molar-refractivity contribution in [2.24, 2.45) is 11.1 Å². The van der Waals surface area contributed by atoms with Gasteiger partial charge in [0.15, 0.2) is 5.13 Å². The van der Waals surface area contributed by atoms with Gasteiger partial charge in [0.2, 0.25) is 5.78 Å². The molecule has 0 atom stereocenters. The lowest BCUT2D eigenvalue weighted by atomic mass is 9.96. The third-order valence-corrected chi connectivity index (χ3v) is 6.12. The summed E-state index contributed by atoms with van der Waals surface area (Å²) < 4.78 is 0. The summed E-state index contributed by atoms with van der Waals surface area (Å²) in [5.41, 5.74) is 6.57. The first-order valence-electron chi connectivity index (χ1n) is 9.45. The lowest BCUT2D eigenvalue weighted by Gasteiger charge is -2.22. The molecule has 0 spiro atoms. The van der Waals surface area contributed by atoms with E-state index < -0.39 is 0 Å². The van der Waals surface area contributed by atoms with Crippen LogP contribution in [-0.2, 0) is 0 Å². The molecule has 5 N–H and O–H groups in total. The van der Waals surface area contributed by atoms with E-state index in [9.17, 15) is 4.79 Å². The number of anilines is 2. The quantitative estimate of drug-likeness (QED) is 0.464. The van der Waals surface area contributed by atoms with Crippen molar-refractivity contribution in [3.8, 4) is 0 Å². The minimum Gasteiger partial charge on any atom is -0.382 e. The maximum absolute atomic E-state index is 12.4. The Labute approximate surface area is 170 Å². The average Bonchev–Trinajstić information content (AvgIpc) is 3.03. The summed E-state index contributed by atoms with van der Waals surface area (Å²) in [6, 6.07) is 9.66. The molecule has 0 bridgehead atoms. The van der Waals surface area contributed by atoms with Crippen molar-refractivity contribution in [2.75, 3.05) is 16.8 Å². The normalized spacial score (nSPS) is 14.5. The van der Waals surface area contributed by atoms with Gasteiger partial charge in [0, 0.05) is 17.4 Å². The second-order valence-electron chi connectivity index (χ2n) is 7.13. The van der Waals surface area contributed by atoms with E-state index in [1.54, 1.807) is 12.1 Å². The van der Waals surface area contributed by atoms with Crippen molar-refractivity contribution in [3.05, 3.63) is 40.8 Å². The lowest BCUT2D eigenvalue weighted by molar-refractivity contribution is 0.104. The average molecular weight is 407 g/mol. The Morgan fingerprint density at radius 3 is 2.48 bits per heavy atom. The summed E-state index contributed by atoms with van der Waals surface area (Å²) in [4.78, 5) is 17.3. The van der Waals surface area contributed by atoms with Crippen LogP contribution in [0.15, 0.2) is 30.3 Å². The molecular weight excluding hydrogens is 376 g/mol. The van der Waals surface area contributed by atoms with E-state index in [2.05, 4.69) is 24.1 Å². The number of rotatable bonds is 6. The van der Waals surface area contributed by atoms with E-state index in [0.29, 0.717) is 22.3 Å². The predicted molar refractivity (Wildman–Crippen MR) is 118 cm³/mol. The number of benzene rings is 1. The summed E-state index contributed by atoms with van der Waals surface area (Å²) in [6.45, 7) is 4.31. The number of thiazole rings is 1. The van der Waals surface area contributed by atoms with Gasteiger partial charge in [0.05, 0.1) is 0 Å². The molecule has 7 heteroatoms. The molecule has 2 aromatic rings. The number of aromatic nitrogens is 1.